The second-order valence-electron chi connectivity index (χ2n) is 8.89. The van der Waals surface area contributed by atoms with Gasteiger partial charge in [-0.1, -0.05) is 20.8 Å². The lowest BCUT2D eigenvalue weighted by Gasteiger charge is -2.38. The van der Waals surface area contributed by atoms with E-state index in [1.807, 2.05) is 26.8 Å². The number of likely N-dealkylation sites (tertiary alicyclic amines) is 1. The fourth-order valence-electron chi connectivity index (χ4n) is 2.34. The second-order valence-corrected chi connectivity index (χ2v) is 16.4. The van der Waals surface area contributed by atoms with Crippen LogP contribution in [0.5, 0.6) is 0 Å². The first-order valence-corrected chi connectivity index (χ1v) is 12.8. The lowest BCUT2D eigenvalue weighted by atomic mass is 10.2. The molecule has 1 aliphatic rings. The molecule has 0 aliphatic carbocycles. The van der Waals surface area contributed by atoms with Crippen LogP contribution in [0.1, 0.15) is 48.0 Å². The highest BCUT2D eigenvalue weighted by Gasteiger charge is 2.44. The third-order valence-corrected chi connectivity index (χ3v) is 9.58. The average molecular weight is 485 g/mol. The van der Waals surface area contributed by atoms with Crippen molar-refractivity contribution in [3.8, 4) is 0 Å². The number of halogens is 2. The predicted octanol–water partition coefficient (Wildman–Crippen LogP) is 6.02. The molecule has 0 bridgehead atoms. The minimum absolute atomic E-state index is 0.0385. The number of ether oxygens (including phenoxy) is 1. The summed E-state index contributed by atoms with van der Waals surface area (Å²) in [7, 11) is -1.87. The number of rotatable bonds is 3. The molecule has 7 heteroatoms. The molecule has 1 saturated heterocycles. The maximum absolute atomic E-state index is 12.6. The van der Waals surface area contributed by atoms with E-state index in [9.17, 15) is 4.79 Å². The van der Waals surface area contributed by atoms with Crippen LogP contribution in [0.25, 0.3) is 0 Å². The average Bonchev–Trinajstić information content (AvgIpc) is 2.66. The fraction of sp³-hybridized carbons (Fsp3) is 0.824. The Hall–Kier alpha value is 0.147. The highest BCUT2D eigenvalue weighted by atomic mass is 79.9. The number of carbonyl (C=O) groups is 1. The molecule has 0 aromatic rings. The van der Waals surface area contributed by atoms with Gasteiger partial charge < -0.3 is 9.16 Å². The molecule has 0 radical (unpaired) electrons. The van der Waals surface area contributed by atoms with Gasteiger partial charge in [0, 0.05) is 6.54 Å². The lowest BCUT2D eigenvalue weighted by molar-refractivity contribution is 0.0237. The van der Waals surface area contributed by atoms with Crippen LogP contribution in [0.15, 0.2) is 9.47 Å². The third-order valence-electron chi connectivity index (χ3n) is 4.52. The largest absolute Gasteiger partial charge is 0.444 e. The molecule has 0 N–H and O–H groups in total. The van der Waals surface area contributed by atoms with Crippen molar-refractivity contribution in [1.29, 1.82) is 0 Å². The first kappa shape index (κ1) is 22.2. The van der Waals surface area contributed by atoms with Gasteiger partial charge in [0.15, 0.2) is 8.32 Å². The van der Waals surface area contributed by atoms with Gasteiger partial charge in [-0.3, -0.25) is 4.90 Å². The van der Waals surface area contributed by atoms with Gasteiger partial charge in [-0.15, -0.1) is 0 Å². The molecular weight excluding hydrogens is 454 g/mol. The van der Waals surface area contributed by atoms with Gasteiger partial charge in [-0.05, 0) is 83.3 Å². The zero-order valence-electron chi connectivity index (χ0n) is 16.1. The summed E-state index contributed by atoms with van der Waals surface area (Å²) in [5, 5.41) is 0.147. The Labute approximate surface area is 164 Å². The van der Waals surface area contributed by atoms with E-state index in [1.54, 1.807) is 4.90 Å². The minimum Gasteiger partial charge on any atom is -0.444 e. The molecule has 0 saturated carbocycles. The zero-order valence-corrected chi connectivity index (χ0v) is 20.2. The lowest BCUT2D eigenvalue weighted by Crippen LogP contribution is -2.45. The van der Waals surface area contributed by atoms with Crippen molar-refractivity contribution in [3.05, 3.63) is 9.47 Å². The Kier molecular flexibility index (Phi) is 7.21. The van der Waals surface area contributed by atoms with Crippen molar-refractivity contribution in [2.24, 2.45) is 0 Å². The van der Waals surface area contributed by atoms with Gasteiger partial charge in [0.2, 0.25) is 0 Å². The maximum atomic E-state index is 12.6. The quantitative estimate of drug-likeness (QED) is 0.460. The summed E-state index contributed by atoms with van der Waals surface area (Å²) < 4.78 is 12.9. The van der Waals surface area contributed by atoms with E-state index in [1.165, 1.54) is 0 Å². The van der Waals surface area contributed by atoms with Crippen LogP contribution in [0.2, 0.25) is 18.1 Å². The fourth-order valence-corrected chi connectivity index (χ4v) is 4.31. The van der Waals surface area contributed by atoms with Crippen molar-refractivity contribution < 1.29 is 14.0 Å². The van der Waals surface area contributed by atoms with Gasteiger partial charge in [-0.25, -0.2) is 4.79 Å². The zero-order chi connectivity index (χ0) is 18.9. The van der Waals surface area contributed by atoms with E-state index in [2.05, 4.69) is 65.7 Å². The Morgan fingerprint density at radius 1 is 1.17 bits per heavy atom. The second kappa shape index (κ2) is 7.80. The number of amides is 1. The summed E-state index contributed by atoms with van der Waals surface area (Å²) in [6.07, 6.45) is 2.52. The van der Waals surface area contributed by atoms with Gasteiger partial charge in [0.1, 0.15) is 5.60 Å². The van der Waals surface area contributed by atoms with E-state index in [0.717, 1.165) is 9.81 Å². The third kappa shape index (κ3) is 6.46. The van der Waals surface area contributed by atoms with Crippen molar-refractivity contribution in [3.63, 3.8) is 0 Å². The van der Waals surface area contributed by atoms with Gasteiger partial charge >= 0.3 is 6.09 Å². The number of hydrogen-bond acceptors (Lipinski definition) is 3. The summed E-state index contributed by atoms with van der Waals surface area (Å²) >= 11 is 6.80. The molecule has 0 aromatic heterocycles. The van der Waals surface area contributed by atoms with Crippen LogP contribution in [-0.4, -0.2) is 43.6 Å². The summed E-state index contributed by atoms with van der Waals surface area (Å²) in [5.74, 6) is 0. The molecule has 1 amide bonds. The van der Waals surface area contributed by atoms with Crippen LogP contribution >= 0.6 is 31.9 Å². The van der Waals surface area contributed by atoms with E-state index in [-0.39, 0.29) is 23.3 Å². The molecule has 0 unspecified atom stereocenters. The molecule has 1 rings (SSSR count). The molecule has 2 atom stereocenters. The van der Waals surface area contributed by atoms with E-state index in [0.29, 0.717) is 6.54 Å². The van der Waals surface area contributed by atoms with E-state index >= 15 is 0 Å². The molecular formula is C17H31Br2NO3Si. The van der Waals surface area contributed by atoms with E-state index < -0.39 is 13.9 Å². The topological polar surface area (TPSA) is 38.8 Å². The van der Waals surface area contributed by atoms with E-state index in [4.69, 9.17) is 9.16 Å². The standard InChI is InChI=1S/C17H31Br2NO3Si/c1-16(2,3)22-15(21)20-11-13(9-12(20)10-14(18)19)23-24(7,8)17(4,5)6/h10,12-13H,9,11H2,1-8H3/t12-,13-/m1/s1. The van der Waals surface area contributed by atoms with Crippen molar-refractivity contribution in [2.75, 3.05) is 6.54 Å². The Morgan fingerprint density at radius 3 is 2.12 bits per heavy atom. The molecule has 4 nitrogen and oxygen atoms in total. The van der Waals surface area contributed by atoms with Crippen LogP contribution < -0.4 is 0 Å². The Balaban J connectivity index is 2.92. The summed E-state index contributed by atoms with van der Waals surface area (Å²) in [4.78, 5) is 14.3. The monoisotopic (exact) mass is 483 g/mol. The van der Waals surface area contributed by atoms with Gasteiger partial charge in [0.05, 0.1) is 15.5 Å². The molecule has 24 heavy (non-hydrogen) atoms. The number of hydrogen-bond donors (Lipinski definition) is 0. The van der Waals surface area contributed by atoms with Crippen LogP contribution in [-0.2, 0) is 9.16 Å². The van der Waals surface area contributed by atoms with Crippen molar-refractivity contribution >= 4 is 46.3 Å². The smallest absolute Gasteiger partial charge is 0.410 e. The van der Waals surface area contributed by atoms with Gasteiger partial charge in [0.25, 0.3) is 0 Å². The normalized spacial score (nSPS) is 22.5. The summed E-state index contributed by atoms with van der Waals surface area (Å²) in [6, 6.07) is -0.0385. The summed E-state index contributed by atoms with van der Waals surface area (Å²) in [6.45, 7) is 17.4. The van der Waals surface area contributed by atoms with Gasteiger partial charge in [-0.2, -0.15) is 0 Å². The molecule has 1 aliphatic heterocycles. The molecule has 1 heterocycles. The number of nitrogens with zero attached hydrogens (tertiary/aromatic N) is 1. The minimum atomic E-state index is -1.87. The van der Waals surface area contributed by atoms with Crippen molar-refractivity contribution in [2.45, 2.75) is 83.8 Å². The van der Waals surface area contributed by atoms with Crippen LogP contribution in [0.3, 0.4) is 0 Å². The van der Waals surface area contributed by atoms with Crippen LogP contribution in [0, 0.1) is 0 Å². The number of carbonyl (C=O) groups excluding carboxylic acids is 1. The Bertz CT molecular complexity index is 491. The first-order chi connectivity index (χ1) is 10.6. The SMILES string of the molecule is CC(C)(C)OC(=O)N1C[C@H](O[Si](C)(C)C(C)(C)C)C[C@@H]1C=C(Br)Br. The summed E-state index contributed by atoms with van der Waals surface area (Å²) in [5.41, 5.74) is -0.505. The van der Waals surface area contributed by atoms with Crippen molar-refractivity contribution in [1.82, 2.24) is 4.90 Å². The predicted molar refractivity (Wildman–Crippen MR) is 109 cm³/mol. The molecule has 140 valence electrons. The molecule has 0 aromatic carbocycles. The molecule has 1 fully saturated rings. The molecule has 0 spiro atoms. The highest BCUT2D eigenvalue weighted by molar-refractivity contribution is 9.28. The highest BCUT2D eigenvalue weighted by Crippen LogP contribution is 2.39. The Morgan fingerprint density at radius 2 is 1.71 bits per heavy atom. The first-order valence-electron chi connectivity index (χ1n) is 8.32. The van der Waals surface area contributed by atoms with Crippen LogP contribution in [0.4, 0.5) is 4.79 Å². The maximum Gasteiger partial charge on any atom is 0.410 e.